The Balaban J connectivity index is 5.19. The molecule has 0 aromatic heterocycles. The van der Waals surface area contributed by atoms with E-state index in [0.29, 0.717) is 17.4 Å². The molecule has 0 spiro atoms. The van der Waals surface area contributed by atoms with Gasteiger partial charge in [-0.3, -0.25) is 18.6 Å². The summed E-state index contributed by atoms with van der Waals surface area (Å²) in [5, 5.41) is 3.07. The number of rotatable bonds is 63. The number of allylic oxidation sites excluding steroid dienone is 9. The maximum Gasteiger partial charge on any atom is 0.472 e. The predicted molar refractivity (Wildman–Crippen MR) is 351 cm³/mol. The third-order valence-electron chi connectivity index (χ3n) is 15.5. The first-order valence-electron chi connectivity index (χ1n) is 34.6. The van der Waals surface area contributed by atoms with E-state index in [9.17, 15) is 19.0 Å². The maximum absolute atomic E-state index is 13.6. The van der Waals surface area contributed by atoms with Gasteiger partial charge in [-0.25, -0.2) is 4.57 Å². The predicted octanol–water partition coefficient (Wildman–Crippen LogP) is 21.8. The van der Waals surface area contributed by atoms with E-state index in [1.807, 2.05) is 33.3 Å². The summed E-state index contributed by atoms with van der Waals surface area (Å²) in [6.07, 6.45) is 77.9. The number of esters is 1. The van der Waals surface area contributed by atoms with Gasteiger partial charge in [-0.05, 0) is 76.7 Å². The second-order valence-corrected chi connectivity index (χ2v) is 26.2. The van der Waals surface area contributed by atoms with Gasteiger partial charge in [0.25, 0.3) is 0 Å². The molecule has 0 rings (SSSR count). The van der Waals surface area contributed by atoms with Crippen LogP contribution in [0.3, 0.4) is 0 Å². The molecule has 0 bridgehead atoms. The Hall–Kier alpha value is -2.29. The van der Waals surface area contributed by atoms with Crippen LogP contribution < -0.4 is 5.32 Å². The van der Waals surface area contributed by atoms with Gasteiger partial charge in [0.05, 0.1) is 33.8 Å². The zero-order valence-corrected chi connectivity index (χ0v) is 55.2. The largest absolute Gasteiger partial charge is 0.472 e. The Kier molecular flexibility index (Phi) is 59.1. The molecule has 9 nitrogen and oxygen atoms in total. The molecule has 474 valence electrons. The van der Waals surface area contributed by atoms with E-state index < -0.39 is 20.0 Å². The van der Waals surface area contributed by atoms with E-state index in [0.717, 1.165) is 96.3 Å². The highest BCUT2D eigenvalue weighted by Crippen LogP contribution is 2.43. The Labute approximate surface area is 502 Å². The van der Waals surface area contributed by atoms with E-state index in [4.69, 9.17) is 13.8 Å². The smallest absolute Gasteiger partial charge is 0.456 e. The number of carbonyl (C=O) groups excluding carboxylic acids is 2. The van der Waals surface area contributed by atoms with Crippen LogP contribution in [-0.2, 0) is 27.9 Å². The van der Waals surface area contributed by atoms with Crippen LogP contribution in [0.15, 0.2) is 60.8 Å². The normalized spacial score (nSPS) is 13.9. The summed E-state index contributed by atoms with van der Waals surface area (Å²) >= 11 is 0. The van der Waals surface area contributed by atoms with Crippen LogP contribution >= 0.6 is 7.82 Å². The quantitative estimate of drug-likeness (QED) is 0.0205. The van der Waals surface area contributed by atoms with Gasteiger partial charge in [-0.1, -0.05) is 300 Å². The molecule has 3 unspecified atom stereocenters. The molecular weight excluding hydrogens is 1020 g/mol. The minimum Gasteiger partial charge on any atom is -0.456 e. The highest BCUT2D eigenvalue weighted by atomic mass is 31.2. The zero-order chi connectivity index (χ0) is 59.3. The fourth-order valence-corrected chi connectivity index (χ4v) is 10.8. The van der Waals surface area contributed by atoms with Crippen molar-refractivity contribution >= 4 is 19.7 Å². The molecule has 0 aromatic carbocycles. The van der Waals surface area contributed by atoms with Gasteiger partial charge in [-0.15, -0.1) is 0 Å². The average Bonchev–Trinajstić information content (AvgIpc) is 3.44. The third kappa shape index (κ3) is 62.1. The van der Waals surface area contributed by atoms with Crippen molar-refractivity contribution in [3.63, 3.8) is 0 Å². The van der Waals surface area contributed by atoms with Crippen LogP contribution in [0.25, 0.3) is 0 Å². The number of quaternary nitrogens is 1. The lowest BCUT2D eigenvalue weighted by Gasteiger charge is -2.27. The number of nitrogens with zero attached hydrogens (tertiary/aromatic N) is 1. The van der Waals surface area contributed by atoms with Gasteiger partial charge in [0.2, 0.25) is 5.91 Å². The molecule has 0 radical (unpaired) electrons. The van der Waals surface area contributed by atoms with Gasteiger partial charge in [-0.2, -0.15) is 0 Å². The summed E-state index contributed by atoms with van der Waals surface area (Å²) in [4.78, 5) is 37.9. The van der Waals surface area contributed by atoms with Crippen molar-refractivity contribution in [2.45, 2.75) is 341 Å². The topological polar surface area (TPSA) is 111 Å². The number of phosphoric acid groups is 1. The summed E-state index contributed by atoms with van der Waals surface area (Å²) in [5.41, 5.74) is 0. The monoisotopic (exact) mass is 1160 g/mol. The molecule has 0 fully saturated rings. The Morgan fingerprint density at radius 3 is 1.15 bits per heavy atom. The van der Waals surface area contributed by atoms with Crippen LogP contribution in [0.4, 0.5) is 0 Å². The Morgan fingerprint density at radius 1 is 0.432 bits per heavy atom. The van der Waals surface area contributed by atoms with Gasteiger partial charge in [0.1, 0.15) is 19.3 Å². The van der Waals surface area contributed by atoms with E-state index in [-0.39, 0.29) is 31.5 Å². The van der Waals surface area contributed by atoms with Crippen LogP contribution in [0.5, 0.6) is 0 Å². The van der Waals surface area contributed by atoms with E-state index >= 15 is 0 Å². The number of hydrogen-bond acceptors (Lipinski definition) is 6. The van der Waals surface area contributed by atoms with Crippen LogP contribution in [0.1, 0.15) is 329 Å². The fraction of sp³-hybridized carbons (Fsp3) is 0.831. The second kappa shape index (κ2) is 60.8. The van der Waals surface area contributed by atoms with Crippen LogP contribution in [0.2, 0.25) is 0 Å². The van der Waals surface area contributed by atoms with Crippen molar-refractivity contribution in [1.82, 2.24) is 5.32 Å². The third-order valence-corrected chi connectivity index (χ3v) is 16.4. The Bertz CT molecular complexity index is 1570. The number of nitrogens with one attached hydrogen (secondary N) is 1. The lowest BCUT2D eigenvalue weighted by molar-refractivity contribution is -0.870. The van der Waals surface area contributed by atoms with Gasteiger partial charge < -0.3 is 19.4 Å². The Morgan fingerprint density at radius 2 is 0.753 bits per heavy atom. The minimum absolute atomic E-state index is 0.0373. The maximum atomic E-state index is 13.6. The molecule has 0 aromatic rings. The van der Waals surface area contributed by atoms with E-state index in [1.54, 1.807) is 0 Å². The first-order chi connectivity index (χ1) is 39.4. The van der Waals surface area contributed by atoms with Gasteiger partial charge in [0, 0.05) is 12.8 Å². The first-order valence-corrected chi connectivity index (χ1v) is 36.1. The van der Waals surface area contributed by atoms with Crippen molar-refractivity contribution in [2.75, 3.05) is 40.9 Å². The number of likely N-dealkylation sites (N-methyl/N-ethyl adjacent to an activating group) is 1. The van der Waals surface area contributed by atoms with Crippen LogP contribution in [0, 0.1) is 0 Å². The molecule has 0 saturated carbocycles. The van der Waals surface area contributed by atoms with Gasteiger partial charge >= 0.3 is 13.8 Å². The molecule has 0 aliphatic carbocycles. The molecule has 10 heteroatoms. The summed E-state index contributed by atoms with van der Waals surface area (Å²) in [6, 6.07) is -0.856. The molecule has 81 heavy (non-hydrogen) atoms. The number of ether oxygens (including phenoxy) is 1. The first kappa shape index (κ1) is 78.7. The van der Waals surface area contributed by atoms with Gasteiger partial charge in [0.15, 0.2) is 0 Å². The molecule has 0 saturated heterocycles. The lowest BCUT2D eigenvalue weighted by Crippen LogP contribution is -2.47. The van der Waals surface area contributed by atoms with Crippen molar-refractivity contribution < 1.29 is 37.3 Å². The summed E-state index contributed by atoms with van der Waals surface area (Å²) in [6.45, 7) is 7.02. The SMILES string of the molecule is CCCCC/C=C\C/C=C\C/C=C\C/C=C\CCCCCCCC(=O)OC(/C=C/CCCCCCCCCCCCC)C(COP(=O)(O)OCC[N+](C)(C)C)NC(=O)CCCCCCCCCCCCCCCCCCCCCCC. The molecule has 1 amide bonds. The van der Waals surface area contributed by atoms with Crippen LogP contribution in [-0.4, -0.2) is 74.3 Å². The highest BCUT2D eigenvalue weighted by Gasteiger charge is 2.30. The highest BCUT2D eigenvalue weighted by molar-refractivity contribution is 7.47. The number of unbranched alkanes of at least 4 members (excludes halogenated alkanes) is 39. The zero-order valence-electron chi connectivity index (χ0n) is 54.3. The molecular formula is C71H134N2O7P+. The lowest BCUT2D eigenvalue weighted by atomic mass is 10.0. The second-order valence-electron chi connectivity index (χ2n) is 24.7. The van der Waals surface area contributed by atoms with Crippen molar-refractivity contribution in [2.24, 2.45) is 0 Å². The molecule has 0 heterocycles. The fourth-order valence-electron chi connectivity index (χ4n) is 10.1. The minimum atomic E-state index is -4.46. The summed E-state index contributed by atoms with van der Waals surface area (Å²) < 4.78 is 30.8. The van der Waals surface area contributed by atoms with Crippen molar-refractivity contribution in [1.29, 1.82) is 0 Å². The number of hydrogen-bond donors (Lipinski definition) is 2. The number of carbonyl (C=O) groups is 2. The number of amides is 1. The molecule has 0 aliphatic rings. The average molecular weight is 1160 g/mol. The molecule has 3 atom stereocenters. The van der Waals surface area contributed by atoms with E-state index in [1.165, 1.54) is 199 Å². The van der Waals surface area contributed by atoms with Crippen molar-refractivity contribution in [3.8, 4) is 0 Å². The van der Waals surface area contributed by atoms with E-state index in [2.05, 4.69) is 74.7 Å². The summed E-state index contributed by atoms with van der Waals surface area (Å²) in [5.74, 6) is -0.513. The molecule has 0 aliphatic heterocycles. The van der Waals surface area contributed by atoms with Crippen molar-refractivity contribution in [3.05, 3.63) is 60.8 Å². The number of phosphoric ester groups is 1. The standard InChI is InChI=1S/C71H133N2O7P/c1-7-10-13-16-19-22-25-28-30-32-34-36-38-40-42-45-48-51-54-57-60-63-70(74)72-68(67-79-81(76,77)78-66-65-73(4,5)6)69(62-59-56-53-50-47-44-27-24-21-18-15-12-9-3)80-71(75)64-61-58-55-52-49-46-43-41-39-37-35-33-31-29-26-23-20-17-14-11-8-2/h20,23,29,31,35,37,41,43,59,62,68-69H,7-19,21-22,24-28,30,32-34,36,38-40,42,44-58,60-61,63-67H2,1-6H3,(H-,72,74,76,77)/p+1/b23-20-,31-29-,37-35-,43-41-,62-59+. The molecule has 2 N–H and O–H groups in total. The summed E-state index contributed by atoms with van der Waals surface area (Å²) in [7, 11) is 1.49.